The minimum Gasteiger partial charge on any atom is -0.370 e. The molecule has 0 aromatic heterocycles. The summed E-state index contributed by atoms with van der Waals surface area (Å²) < 4.78 is 0. The largest absolute Gasteiger partial charge is 0.370 e. The highest BCUT2D eigenvalue weighted by atomic mass is 16.1. The monoisotopic (exact) mass is 621 g/mol. The molecule has 0 spiro atoms. The first-order chi connectivity index (χ1) is 21.5. The molecule has 0 aromatic carbocycles. The third-order valence-corrected chi connectivity index (χ3v) is 8.71. The van der Waals surface area contributed by atoms with Gasteiger partial charge in [-0.3, -0.25) is 9.59 Å². The maximum Gasteiger partial charge on any atom is 0.217 e. The number of primary amides is 2. The molecular formula is C40H80N2O2. The molecular weight excluding hydrogens is 540 g/mol. The van der Waals surface area contributed by atoms with Gasteiger partial charge in [0.15, 0.2) is 0 Å². The second-order valence-electron chi connectivity index (χ2n) is 13.4. The Morgan fingerprint density at radius 3 is 0.773 bits per heavy atom. The van der Waals surface area contributed by atoms with Gasteiger partial charge >= 0.3 is 0 Å². The van der Waals surface area contributed by atoms with Crippen molar-refractivity contribution < 1.29 is 9.59 Å². The molecule has 2 amide bonds. The van der Waals surface area contributed by atoms with Crippen LogP contribution in [0.1, 0.15) is 232 Å². The maximum absolute atomic E-state index is 10.6. The molecule has 262 valence electrons. The van der Waals surface area contributed by atoms with Crippen molar-refractivity contribution >= 4 is 11.8 Å². The van der Waals surface area contributed by atoms with Crippen LogP contribution in [0.2, 0.25) is 0 Å². The van der Waals surface area contributed by atoms with Crippen LogP contribution in [0, 0.1) is 0 Å². The molecule has 44 heavy (non-hydrogen) atoms. The molecule has 0 rings (SSSR count). The van der Waals surface area contributed by atoms with Gasteiger partial charge in [-0.1, -0.05) is 193 Å². The topological polar surface area (TPSA) is 86.2 Å². The van der Waals surface area contributed by atoms with Crippen LogP contribution in [-0.2, 0) is 9.59 Å². The molecule has 0 fully saturated rings. The number of carbonyl (C=O) groups is 2. The van der Waals surface area contributed by atoms with Gasteiger partial charge in [-0.05, 0) is 38.5 Å². The fourth-order valence-electron chi connectivity index (χ4n) is 5.75. The van der Waals surface area contributed by atoms with E-state index in [1.807, 2.05) is 0 Å². The quantitative estimate of drug-likeness (QED) is 0.0545. The summed E-state index contributed by atoms with van der Waals surface area (Å²) in [5, 5.41) is 0. The SMILES string of the molecule is CCCCCCCCC=CCCCCCCCCCCCC(N)=O.CCCCCCCCCCCCCCCCCC(N)=O. The van der Waals surface area contributed by atoms with Gasteiger partial charge in [0.05, 0.1) is 0 Å². The van der Waals surface area contributed by atoms with Gasteiger partial charge in [-0.2, -0.15) is 0 Å². The summed E-state index contributed by atoms with van der Waals surface area (Å²) in [5.74, 6) is -0.310. The highest BCUT2D eigenvalue weighted by molar-refractivity contribution is 5.73. The summed E-state index contributed by atoms with van der Waals surface area (Å²) in [6.07, 6.45) is 48.7. The number of amides is 2. The minimum absolute atomic E-state index is 0.153. The lowest BCUT2D eigenvalue weighted by atomic mass is 10.0. The summed E-state index contributed by atoms with van der Waals surface area (Å²) in [7, 11) is 0. The Labute approximate surface area is 276 Å². The second kappa shape index (κ2) is 41.7. The van der Waals surface area contributed by atoms with Gasteiger partial charge < -0.3 is 11.5 Å². The Balaban J connectivity index is 0. The Bertz CT molecular complexity index is 590. The Morgan fingerprint density at radius 2 is 0.545 bits per heavy atom. The molecule has 0 bridgehead atoms. The fraction of sp³-hybridized carbons (Fsp3) is 0.900. The van der Waals surface area contributed by atoms with E-state index in [0.29, 0.717) is 12.8 Å². The van der Waals surface area contributed by atoms with Crippen LogP contribution in [0.25, 0.3) is 0 Å². The van der Waals surface area contributed by atoms with Crippen molar-refractivity contribution in [2.45, 2.75) is 232 Å². The van der Waals surface area contributed by atoms with E-state index in [1.165, 1.54) is 186 Å². The summed E-state index contributed by atoms with van der Waals surface area (Å²) in [6, 6.07) is 0. The molecule has 0 saturated carbocycles. The van der Waals surface area contributed by atoms with Gasteiger partial charge in [0.25, 0.3) is 0 Å². The van der Waals surface area contributed by atoms with Gasteiger partial charge in [-0.15, -0.1) is 0 Å². The molecule has 4 N–H and O–H groups in total. The van der Waals surface area contributed by atoms with Crippen LogP contribution in [0.3, 0.4) is 0 Å². The maximum atomic E-state index is 10.6. The summed E-state index contributed by atoms with van der Waals surface area (Å²) in [6.45, 7) is 4.55. The van der Waals surface area contributed by atoms with Crippen molar-refractivity contribution in [1.29, 1.82) is 0 Å². The molecule has 0 atom stereocenters. The van der Waals surface area contributed by atoms with Crippen LogP contribution < -0.4 is 11.5 Å². The predicted molar refractivity (Wildman–Crippen MR) is 196 cm³/mol. The Morgan fingerprint density at radius 1 is 0.341 bits per heavy atom. The lowest BCUT2D eigenvalue weighted by Gasteiger charge is -2.03. The average Bonchev–Trinajstić information content (AvgIpc) is 3.00. The summed E-state index contributed by atoms with van der Waals surface area (Å²) in [5.41, 5.74) is 10.2. The highest BCUT2D eigenvalue weighted by Gasteiger charge is 1.97. The van der Waals surface area contributed by atoms with E-state index in [9.17, 15) is 9.59 Å². The normalized spacial score (nSPS) is 11.1. The van der Waals surface area contributed by atoms with Crippen molar-refractivity contribution in [3.63, 3.8) is 0 Å². The van der Waals surface area contributed by atoms with E-state index in [0.717, 1.165) is 19.3 Å². The number of hydrogen-bond acceptors (Lipinski definition) is 2. The van der Waals surface area contributed by atoms with E-state index < -0.39 is 0 Å². The van der Waals surface area contributed by atoms with Crippen molar-refractivity contribution in [3.05, 3.63) is 12.2 Å². The fourth-order valence-corrected chi connectivity index (χ4v) is 5.75. The molecule has 0 aromatic rings. The zero-order chi connectivity index (χ0) is 32.6. The van der Waals surface area contributed by atoms with E-state index in [-0.39, 0.29) is 11.8 Å². The zero-order valence-electron chi connectivity index (χ0n) is 30.2. The van der Waals surface area contributed by atoms with Crippen molar-refractivity contribution in [2.75, 3.05) is 0 Å². The van der Waals surface area contributed by atoms with Gasteiger partial charge in [0.2, 0.25) is 11.8 Å². The molecule has 0 radical (unpaired) electrons. The smallest absolute Gasteiger partial charge is 0.217 e. The molecule has 0 heterocycles. The molecule has 0 aliphatic heterocycles. The highest BCUT2D eigenvalue weighted by Crippen LogP contribution is 2.14. The third kappa shape index (κ3) is 47.6. The van der Waals surface area contributed by atoms with E-state index in [2.05, 4.69) is 26.0 Å². The van der Waals surface area contributed by atoms with Crippen LogP contribution in [0.5, 0.6) is 0 Å². The summed E-state index contributed by atoms with van der Waals surface area (Å²) in [4.78, 5) is 21.2. The average molecular weight is 621 g/mol. The van der Waals surface area contributed by atoms with Gasteiger partial charge in [-0.25, -0.2) is 0 Å². The van der Waals surface area contributed by atoms with Crippen LogP contribution in [0.4, 0.5) is 0 Å². The Kier molecular flexibility index (Phi) is 42.4. The number of nitrogens with two attached hydrogens (primary N) is 2. The minimum atomic E-state index is -0.156. The van der Waals surface area contributed by atoms with Crippen LogP contribution in [-0.4, -0.2) is 11.8 Å². The number of allylic oxidation sites excluding steroid dienone is 2. The molecule has 4 nitrogen and oxygen atoms in total. The lowest BCUT2D eigenvalue weighted by Crippen LogP contribution is -2.09. The number of unbranched alkanes of at least 4 members (excludes halogenated alkanes) is 29. The number of hydrogen-bond donors (Lipinski definition) is 2. The summed E-state index contributed by atoms with van der Waals surface area (Å²) >= 11 is 0. The third-order valence-electron chi connectivity index (χ3n) is 8.71. The van der Waals surface area contributed by atoms with Crippen LogP contribution >= 0.6 is 0 Å². The van der Waals surface area contributed by atoms with Gasteiger partial charge in [0, 0.05) is 12.8 Å². The van der Waals surface area contributed by atoms with Crippen molar-refractivity contribution in [3.8, 4) is 0 Å². The standard InChI is InChI=1S/C22H43NO.C18H37NO/c1-2-3-4-5-6-7-8-9-10-11-12-13-14-15-16-17-18-19-20-21-22(23)24;1-2-3-4-5-6-7-8-9-10-11-12-13-14-15-16-17-18(19)20/h9-10H,2-8,11-21H2,1H3,(H2,23,24);2-17H2,1H3,(H2,19,20). The first kappa shape index (κ1) is 44.8. The molecule has 0 saturated heterocycles. The Hall–Kier alpha value is -1.32. The lowest BCUT2D eigenvalue weighted by molar-refractivity contribution is -0.119. The predicted octanol–water partition coefficient (Wildman–Crippen LogP) is 12.8. The van der Waals surface area contributed by atoms with Crippen LogP contribution in [0.15, 0.2) is 12.2 Å². The first-order valence-electron chi connectivity index (χ1n) is 19.8. The molecule has 4 heteroatoms. The molecule has 0 aliphatic rings. The molecule has 0 aliphatic carbocycles. The number of rotatable bonds is 35. The zero-order valence-corrected chi connectivity index (χ0v) is 30.2. The number of carbonyl (C=O) groups excluding carboxylic acids is 2. The molecule has 0 unspecified atom stereocenters. The van der Waals surface area contributed by atoms with E-state index in [4.69, 9.17) is 11.5 Å². The van der Waals surface area contributed by atoms with E-state index in [1.54, 1.807) is 0 Å². The first-order valence-corrected chi connectivity index (χ1v) is 19.8. The van der Waals surface area contributed by atoms with Gasteiger partial charge in [0.1, 0.15) is 0 Å². The van der Waals surface area contributed by atoms with Crippen molar-refractivity contribution in [2.24, 2.45) is 11.5 Å². The second-order valence-corrected chi connectivity index (χ2v) is 13.4. The van der Waals surface area contributed by atoms with Crippen molar-refractivity contribution in [1.82, 2.24) is 0 Å². The van der Waals surface area contributed by atoms with E-state index >= 15 is 0 Å².